The molecule has 0 saturated heterocycles. The third kappa shape index (κ3) is 4.94. The summed E-state index contributed by atoms with van der Waals surface area (Å²) >= 11 is 1.63. The zero-order valence-corrected chi connectivity index (χ0v) is 16.3. The van der Waals surface area contributed by atoms with Gasteiger partial charge < -0.3 is 14.8 Å². The van der Waals surface area contributed by atoms with Crippen LogP contribution >= 0.6 is 11.8 Å². The Kier molecular flexibility index (Phi) is 5.77. The molecule has 0 bridgehead atoms. The zero-order chi connectivity index (χ0) is 18.6. The largest absolute Gasteiger partial charge is 0.454 e. The minimum Gasteiger partial charge on any atom is -0.454 e. The van der Waals surface area contributed by atoms with Crippen molar-refractivity contribution in [3.63, 3.8) is 0 Å². The van der Waals surface area contributed by atoms with Crippen LogP contribution in [0.2, 0.25) is 0 Å². The number of hydrogen-bond donors (Lipinski definition) is 1. The van der Waals surface area contributed by atoms with Crippen LogP contribution in [-0.2, 0) is 22.5 Å². The highest BCUT2D eigenvalue weighted by Gasteiger charge is 2.14. The van der Waals surface area contributed by atoms with Gasteiger partial charge >= 0.3 is 0 Å². The average Bonchev–Trinajstić information content (AvgIpc) is 3.07. The molecule has 2 aromatic carbocycles. The van der Waals surface area contributed by atoms with Crippen molar-refractivity contribution in [1.29, 1.82) is 0 Å². The van der Waals surface area contributed by atoms with Crippen LogP contribution in [0.15, 0.2) is 42.5 Å². The highest BCUT2D eigenvalue weighted by atomic mass is 32.2. The van der Waals surface area contributed by atoms with Crippen molar-refractivity contribution < 1.29 is 14.3 Å². The van der Waals surface area contributed by atoms with Gasteiger partial charge in [-0.25, -0.2) is 0 Å². The van der Waals surface area contributed by atoms with Crippen molar-refractivity contribution in [1.82, 2.24) is 5.32 Å². The molecule has 3 rings (SSSR count). The third-order valence-corrected chi connectivity index (χ3v) is 5.25. The molecular formula is C21H25NO3S. The van der Waals surface area contributed by atoms with E-state index in [2.05, 4.69) is 50.4 Å². The molecule has 138 valence electrons. The van der Waals surface area contributed by atoms with Gasteiger partial charge in [0, 0.05) is 12.3 Å². The van der Waals surface area contributed by atoms with Crippen molar-refractivity contribution in [3.8, 4) is 11.5 Å². The zero-order valence-electron chi connectivity index (χ0n) is 15.5. The monoisotopic (exact) mass is 371 g/mol. The second-order valence-corrected chi connectivity index (χ2v) is 8.39. The SMILES string of the molecule is CC(C)(C)c1ccc(CSCC(=O)NCc2ccc3c(c2)OCO3)cc1. The average molecular weight is 372 g/mol. The number of benzene rings is 2. The first kappa shape index (κ1) is 18.6. The van der Waals surface area contributed by atoms with E-state index in [1.54, 1.807) is 11.8 Å². The minimum absolute atomic E-state index is 0.0407. The predicted molar refractivity (Wildman–Crippen MR) is 106 cm³/mol. The van der Waals surface area contributed by atoms with E-state index in [1.165, 1.54) is 11.1 Å². The van der Waals surface area contributed by atoms with Crippen LogP contribution in [-0.4, -0.2) is 18.5 Å². The Morgan fingerprint density at radius 3 is 2.46 bits per heavy atom. The molecule has 0 radical (unpaired) electrons. The van der Waals surface area contributed by atoms with E-state index in [0.29, 0.717) is 12.3 Å². The molecule has 1 aliphatic rings. The first-order valence-corrected chi connectivity index (χ1v) is 9.90. The quantitative estimate of drug-likeness (QED) is 0.824. The molecule has 0 atom stereocenters. The van der Waals surface area contributed by atoms with Gasteiger partial charge in [-0.2, -0.15) is 0 Å². The summed E-state index contributed by atoms with van der Waals surface area (Å²) in [4.78, 5) is 12.0. The van der Waals surface area contributed by atoms with E-state index in [4.69, 9.17) is 9.47 Å². The summed E-state index contributed by atoms with van der Waals surface area (Å²) in [7, 11) is 0. The fourth-order valence-electron chi connectivity index (χ4n) is 2.67. The molecule has 1 heterocycles. The van der Waals surface area contributed by atoms with Crippen LogP contribution in [0.3, 0.4) is 0 Å². The summed E-state index contributed by atoms with van der Waals surface area (Å²) in [5.41, 5.74) is 3.74. The number of hydrogen-bond acceptors (Lipinski definition) is 4. The standard InChI is InChI=1S/C21H25NO3S/c1-21(2,3)17-7-4-15(5-8-17)12-26-13-20(23)22-11-16-6-9-18-19(10-16)25-14-24-18/h4-10H,11-14H2,1-3H3,(H,22,23). The van der Waals surface area contributed by atoms with Gasteiger partial charge in [0.05, 0.1) is 5.75 Å². The van der Waals surface area contributed by atoms with Gasteiger partial charge in [0.1, 0.15) is 0 Å². The number of rotatable bonds is 6. The lowest BCUT2D eigenvalue weighted by Gasteiger charge is -2.19. The lowest BCUT2D eigenvalue weighted by molar-refractivity contribution is -0.118. The Hall–Kier alpha value is -2.14. The van der Waals surface area contributed by atoms with Crippen LogP contribution in [0.25, 0.3) is 0 Å². The Labute approximate surface area is 159 Å². The molecule has 1 amide bonds. The molecule has 2 aromatic rings. The molecule has 0 saturated carbocycles. The van der Waals surface area contributed by atoms with E-state index in [1.807, 2.05) is 18.2 Å². The lowest BCUT2D eigenvalue weighted by Crippen LogP contribution is -2.24. The molecule has 0 unspecified atom stereocenters. The van der Waals surface area contributed by atoms with Gasteiger partial charge in [0.25, 0.3) is 0 Å². The molecule has 0 spiro atoms. The lowest BCUT2D eigenvalue weighted by atomic mass is 9.87. The van der Waals surface area contributed by atoms with Gasteiger partial charge in [0.15, 0.2) is 11.5 Å². The maximum absolute atomic E-state index is 12.0. The summed E-state index contributed by atoms with van der Waals surface area (Å²) in [5, 5.41) is 2.95. The van der Waals surface area contributed by atoms with Crippen molar-refractivity contribution in [2.45, 2.75) is 38.5 Å². The smallest absolute Gasteiger partial charge is 0.231 e. The van der Waals surface area contributed by atoms with Gasteiger partial charge in [-0.05, 0) is 34.2 Å². The molecule has 26 heavy (non-hydrogen) atoms. The van der Waals surface area contributed by atoms with Gasteiger partial charge in [-0.3, -0.25) is 4.79 Å². The molecule has 4 nitrogen and oxygen atoms in total. The summed E-state index contributed by atoms with van der Waals surface area (Å²) in [6, 6.07) is 14.4. The van der Waals surface area contributed by atoms with Crippen LogP contribution in [0.4, 0.5) is 0 Å². The molecule has 1 aliphatic heterocycles. The number of carbonyl (C=O) groups excluding carboxylic acids is 1. The number of amides is 1. The van der Waals surface area contributed by atoms with Crippen molar-refractivity contribution >= 4 is 17.7 Å². The fourth-order valence-corrected chi connectivity index (χ4v) is 3.48. The fraction of sp³-hybridized carbons (Fsp3) is 0.381. The predicted octanol–water partition coefficient (Wildman–Crippen LogP) is 4.26. The number of carbonyl (C=O) groups is 1. The molecule has 1 N–H and O–H groups in total. The molecule has 5 heteroatoms. The van der Waals surface area contributed by atoms with E-state index >= 15 is 0 Å². The Morgan fingerprint density at radius 1 is 1.04 bits per heavy atom. The Bertz CT molecular complexity index is 766. The normalized spacial score (nSPS) is 12.9. The van der Waals surface area contributed by atoms with Crippen molar-refractivity contribution in [2.24, 2.45) is 0 Å². The van der Waals surface area contributed by atoms with Crippen LogP contribution in [0.5, 0.6) is 11.5 Å². The number of ether oxygens (including phenoxy) is 2. The van der Waals surface area contributed by atoms with E-state index < -0.39 is 0 Å². The Morgan fingerprint density at radius 2 is 1.73 bits per heavy atom. The van der Waals surface area contributed by atoms with E-state index in [0.717, 1.165) is 22.8 Å². The van der Waals surface area contributed by atoms with E-state index in [9.17, 15) is 4.79 Å². The minimum atomic E-state index is 0.0407. The highest BCUT2D eigenvalue weighted by Crippen LogP contribution is 2.32. The van der Waals surface area contributed by atoms with Gasteiger partial charge in [-0.15, -0.1) is 11.8 Å². The van der Waals surface area contributed by atoms with Crippen molar-refractivity contribution in [2.75, 3.05) is 12.5 Å². The van der Waals surface area contributed by atoms with Crippen LogP contribution in [0, 0.1) is 0 Å². The summed E-state index contributed by atoms with van der Waals surface area (Å²) in [6.45, 7) is 7.39. The van der Waals surface area contributed by atoms with E-state index in [-0.39, 0.29) is 18.1 Å². The number of thioether (sulfide) groups is 1. The maximum Gasteiger partial charge on any atom is 0.231 e. The molecule has 0 aliphatic carbocycles. The van der Waals surface area contributed by atoms with Gasteiger partial charge in [0.2, 0.25) is 12.7 Å². The molecule has 0 fully saturated rings. The highest BCUT2D eigenvalue weighted by molar-refractivity contribution is 7.99. The third-order valence-electron chi connectivity index (χ3n) is 4.25. The first-order chi connectivity index (χ1) is 12.4. The molecular weight excluding hydrogens is 346 g/mol. The molecule has 0 aromatic heterocycles. The second kappa shape index (κ2) is 8.04. The number of nitrogens with one attached hydrogen (secondary N) is 1. The Balaban J connectivity index is 1.40. The van der Waals surface area contributed by atoms with Crippen molar-refractivity contribution in [3.05, 3.63) is 59.2 Å². The number of fused-ring (bicyclic) bond motifs is 1. The topological polar surface area (TPSA) is 47.6 Å². The summed E-state index contributed by atoms with van der Waals surface area (Å²) in [5.74, 6) is 2.82. The first-order valence-electron chi connectivity index (χ1n) is 8.74. The van der Waals surface area contributed by atoms with Crippen LogP contribution in [0.1, 0.15) is 37.5 Å². The second-order valence-electron chi connectivity index (χ2n) is 7.40. The maximum atomic E-state index is 12.0. The summed E-state index contributed by atoms with van der Waals surface area (Å²) < 4.78 is 10.6. The van der Waals surface area contributed by atoms with Gasteiger partial charge in [-0.1, -0.05) is 51.1 Å². The van der Waals surface area contributed by atoms with Crippen LogP contribution < -0.4 is 14.8 Å². The summed E-state index contributed by atoms with van der Waals surface area (Å²) in [6.07, 6.45) is 0.